The Hall–Kier alpha value is -1.08. The van der Waals surface area contributed by atoms with Crippen molar-refractivity contribution < 1.29 is 4.79 Å². The number of nitrogens with one attached hydrogen (secondary N) is 2. The van der Waals surface area contributed by atoms with Crippen LogP contribution in [0, 0.1) is 11.8 Å². The Bertz CT molecular complexity index is 505. The number of hydrogen-bond acceptors (Lipinski definition) is 6. The van der Waals surface area contributed by atoms with E-state index in [9.17, 15) is 4.79 Å². The number of rotatable bonds is 7. The predicted octanol–water partition coefficient (Wildman–Crippen LogP) is 3.17. The minimum atomic E-state index is 0.0896. The number of hydrogen-bond donors (Lipinski definition) is 2. The molecule has 1 heterocycles. The van der Waals surface area contributed by atoms with Gasteiger partial charge in [-0.05, 0) is 18.3 Å². The molecule has 0 radical (unpaired) electrons. The van der Waals surface area contributed by atoms with E-state index < -0.39 is 0 Å². The molecular weight excluding hydrogens is 316 g/mol. The third-order valence-corrected chi connectivity index (χ3v) is 6.20. The largest absolute Gasteiger partial charge is 0.357 e. The quantitative estimate of drug-likeness (QED) is 0.589. The molecule has 2 N–H and O–H groups in total. The van der Waals surface area contributed by atoms with Gasteiger partial charge >= 0.3 is 0 Å². The molecule has 1 amide bonds. The van der Waals surface area contributed by atoms with Crippen LogP contribution in [0.5, 0.6) is 0 Å². The Balaban J connectivity index is 1.75. The summed E-state index contributed by atoms with van der Waals surface area (Å²) < 4.78 is 0.812. The molecule has 1 aliphatic carbocycles. The highest BCUT2D eigenvalue weighted by Crippen LogP contribution is 2.30. The van der Waals surface area contributed by atoms with Crippen LogP contribution in [0.2, 0.25) is 0 Å². The van der Waals surface area contributed by atoms with Crippen LogP contribution in [0.3, 0.4) is 0 Å². The van der Waals surface area contributed by atoms with Gasteiger partial charge in [0.05, 0.1) is 5.75 Å². The van der Waals surface area contributed by atoms with Crippen LogP contribution in [0.1, 0.15) is 33.1 Å². The molecule has 1 aromatic rings. The first-order chi connectivity index (χ1) is 10.6. The van der Waals surface area contributed by atoms with Gasteiger partial charge in [-0.15, -0.1) is 16.8 Å². The summed E-state index contributed by atoms with van der Waals surface area (Å²) in [6.07, 6.45) is 5.34. The van der Waals surface area contributed by atoms with Crippen molar-refractivity contribution in [1.29, 1.82) is 0 Å². The molecule has 0 unspecified atom stereocenters. The van der Waals surface area contributed by atoms with E-state index in [1.54, 1.807) is 6.08 Å². The molecule has 0 aliphatic heterocycles. The molecular formula is C15H24N4OS2. The Labute approximate surface area is 140 Å². The molecule has 0 aromatic carbocycles. The summed E-state index contributed by atoms with van der Waals surface area (Å²) in [6.45, 7) is 8.82. The molecule has 122 valence electrons. The third kappa shape index (κ3) is 4.98. The highest BCUT2D eigenvalue weighted by atomic mass is 32.2. The first-order valence-corrected chi connectivity index (χ1v) is 9.50. The second-order valence-electron chi connectivity index (χ2n) is 5.77. The van der Waals surface area contributed by atoms with E-state index >= 15 is 0 Å². The van der Waals surface area contributed by atoms with E-state index in [-0.39, 0.29) is 5.91 Å². The molecule has 1 saturated carbocycles. The monoisotopic (exact) mass is 340 g/mol. The maximum atomic E-state index is 12.1. The number of anilines is 1. The van der Waals surface area contributed by atoms with E-state index in [4.69, 9.17) is 0 Å². The molecule has 1 aliphatic rings. The zero-order valence-electron chi connectivity index (χ0n) is 13.2. The average molecular weight is 341 g/mol. The van der Waals surface area contributed by atoms with Crippen LogP contribution in [0.15, 0.2) is 17.0 Å². The molecule has 0 spiro atoms. The summed E-state index contributed by atoms with van der Waals surface area (Å²) in [6, 6.07) is 0.316. The molecule has 0 saturated heterocycles. The van der Waals surface area contributed by atoms with Crippen molar-refractivity contribution in [2.75, 3.05) is 17.6 Å². The van der Waals surface area contributed by atoms with Gasteiger partial charge in [0.15, 0.2) is 4.34 Å². The highest BCUT2D eigenvalue weighted by Gasteiger charge is 2.28. The average Bonchev–Trinajstić information content (AvgIpc) is 2.96. The van der Waals surface area contributed by atoms with Gasteiger partial charge in [-0.3, -0.25) is 4.79 Å². The molecule has 22 heavy (non-hydrogen) atoms. The number of nitrogens with zero attached hydrogens (tertiary/aromatic N) is 2. The summed E-state index contributed by atoms with van der Waals surface area (Å²) >= 11 is 2.90. The first kappa shape index (κ1) is 17.3. The van der Waals surface area contributed by atoms with Gasteiger partial charge in [-0.25, -0.2) is 0 Å². The zero-order valence-corrected chi connectivity index (χ0v) is 14.8. The second kappa shape index (κ2) is 8.53. The van der Waals surface area contributed by atoms with Crippen molar-refractivity contribution in [3.05, 3.63) is 12.7 Å². The molecule has 1 fully saturated rings. The fourth-order valence-electron chi connectivity index (χ4n) is 2.66. The smallest absolute Gasteiger partial charge is 0.230 e. The topological polar surface area (TPSA) is 66.9 Å². The lowest BCUT2D eigenvalue weighted by Gasteiger charge is -2.34. The fourth-order valence-corrected chi connectivity index (χ4v) is 4.23. The van der Waals surface area contributed by atoms with Gasteiger partial charge in [0.1, 0.15) is 0 Å². The minimum absolute atomic E-state index is 0.0896. The lowest BCUT2D eigenvalue weighted by atomic mass is 9.78. The predicted molar refractivity (Wildman–Crippen MR) is 93.4 cm³/mol. The Morgan fingerprint density at radius 1 is 1.45 bits per heavy atom. The van der Waals surface area contributed by atoms with Crippen molar-refractivity contribution in [2.24, 2.45) is 11.8 Å². The minimum Gasteiger partial charge on any atom is -0.357 e. The van der Waals surface area contributed by atoms with E-state index in [0.29, 0.717) is 30.2 Å². The van der Waals surface area contributed by atoms with Gasteiger partial charge in [-0.2, -0.15) is 0 Å². The van der Waals surface area contributed by atoms with Crippen molar-refractivity contribution in [3.8, 4) is 0 Å². The summed E-state index contributed by atoms with van der Waals surface area (Å²) in [4.78, 5) is 12.1. The van der Waals surface area contributed by atoms with Crippen molar-refractivity contribution in [3.63, 3.8) is 0 Å². The number of carbonyl (C=O) groups excluding carboxylic acids is 1. The van der Waals surface area contributed by atoms with E-state index in [1.165, 1.54) is 35.9 Å². The summed E-state index contributed by atoms with van der Waals surface area (Å²) in [5.74, 6) is 1.73. The van der Waals surface area contributed by atoms with E-state index in [1.807, 2.05) is 0 Å². The molecule has 2 rings (SSSR count). The maximum Gasteiger partial charge on any atom is 0.230 e. The molecule has 5 nitrogen and oxygen atoms in total. The van der Waals surface area contributed by atoms with Gasteiger partial charge in [0, 0.05) is 12.6 Å². The second-order valence-corrected chi connectivity index (χ2v) is 7.97. The molecule has 3 atom stereocenters. The van der Waals surface area contributed by atoms with E-state index in [0.717, 1.165) is 15.9 Å². The fraction of sp³-hybridized carbons (Fsp3) is 0.667. The third-order valence-electron chi connectivity index (χ3n) is 4.18. The van der Waals surface area contributed by atoms with Crippen LogP contribution in [0.4, 0.5) is 5.13 Å². The Kier molecular flexibility index (Phi) is 6.70. The zero-order chi connectivity index (χ0) is 15.9. The number of aromatic nitrogens is 2. The van der Waals surface area contributed by atoms with Crippen molar-refractivity contribution in [1.82, 2.24) is 15.5 Å². The lowest BCUT2D eigenvalue weighted by molar-refractivity contribution is -0.119. The van der Waals surface area contributed by atoms with Crippen LogP contribution in [0.25, 0.3) is 0 Å². The first-order valence-electron chi connectivity index (χ1n) is 7.70. The molecule has 0 bridgehead atoms. The van der Waals surface area contributed by atoms with Gasteiger partial charge in [0.2, 0.25) is 11.0 Å². The van der Waals surface area contributed by atoms with Gasteiger partial charge in [-0.1, -0.05) is 55.9 Å². The van der Waals surface area contributed by atoms with Gasteiger partial charge in [0.25, 0.3) is 0 Å². The van der Waals surface area contributed by atoms with Crippen molar-refractivity contribution in [2.45, 2.75) is 43.5 Å². The maximum absolute atomic E-state index is 12.1. The lowest BCUT2D eigenvalue weighted by Crippen LogP contribution is -2.44. The van der Waals surface area contributed by atoms with Gasteiger partial charge < -0.3 is 10.6 Å². The van der Waals surface area contributed by atoms with Crippen LogP contribution >= 0.6 is 23.1 Å². The molecule has 7 heteroatoms. The van der Waals surface area contributed by atoms with E-state index in [2.05, 4.69) is 41.3 Å². The summed E-state index contributed by atoms with van der Waals surface area (Å²) in [5.41, 5.74) is 0. The highest BCUT2D eigenvalue weighted by molar-refractivity contribution is 8.01. The number of carbonyl (C=O) groups is 1. The SMILES string of the molecule is C=CCNc1nnc(SCC(=O)N[C@@H]2CCC[C@@H](C)[C@H]2C)s1. The normalized spacial score (nSPS) is 24.7. The standard InChI is InChI=1S/C15H24N4OS2/c1-4-8-16-14-18-19-15(22-14)21-9-13(20)17-12-7-5-6-10(2)11(12)3/h4,10-12H,1,5-9H2,2-3H3,(H,16,18)(H,17,20)/t10-,11-,12-/m1/s1. The van der Waals surface area contributed by atoms with Crippen LogP contribution < -0.4 is 10.6 Å². The number of amides is 1. The van der Waals surface area contributed by atoms with Crippen LogP contribution in [-0.2, 0) is 4.79 Å². The molecule has 1 aromatic heterocycles. The number of thioether (sulfide) groups is 1. The Morgan fingerprint density at radius 3 is 3.05 bits per heavy atom. The van der Waals surface area contributed by atoms with Crippen LogP contribution in [-0.4, -0.2) is 34.4 Å². The summed E-state index contributed by atoms with van der Waals surface area (Å²) in [7, 11) is 0. The summed E-state index contributed by atoms with van der Waals surface area (Å²) in [5, 5.41) is 15.1. The Morgan fingerprint density at radius 2 is 2.27 bits per heavy atom. The van der Waals surface area contributed by atoms with Crippen molar-refractivity contribution >= 4 is 34.1 Å².